The Bertz CT molecular complexity index is 1130. The molecule has 178 valence electrons. The van der Waals surface area contributed by atoms with Crippen LogP contribution in [0.15, 0.2) is 47.4 Å². The predicted molar refractivity (Wildman–Crippen MR) is 121 cm³/mol. The Morgan fingerprint density at radius 2 is 1.82 bits per heavy atom. The monoisotopic (exact) mass is 476 g/mol. The van der Waals surface area contributed by atoms with Gasteiger partial charge in [0.05, 0.1) is 18.0 Å². The van der Waals surface area contributed by atoms with Gasteiger partial charge in [0.25, 0.3) is 0 Å². The summed E-state index contributed by atoms with van der Waals surface area (Å²) in [7, 11) is -2.12. The second-order valence-electron chi connectivity index (χ2n) is 9.16. The van der Waals surface area contributed by atoms with Crippen LogP contribution in [0.1, 0.15) is 44.7 Å². The van der Waals surface area contributed by atoms with E-state index in [1.54, 1.807) is 7.11 Å². The van der Waals surface area contributed by atoms with Crippen LogP contribution in [0.4, 0.5) is 4.39 Å². The van der Waals surface area contributed by atoms with E-state index in [0.29, 0.717) is 30.8 Å². The molecule has 9 heteroatoms. The summed E-state index contributed by atoms with van der Waals surface area (Å²) < 4.78 is 51.6. The number of methoxy groups -OCH3 is 1. The number of sulfonamides is 1. The normalized spacial score (nSPS) is 21.0. The topological polar surface area (TPSA) is 84.9 Å². The van der Waals surface area contributed by atoms with E-state index in [9.17, 15) is 17.6 Å². The molecular formula is C24H29FN2O5S. The largest absolute Gasteiger partial charge is 0.497 e. The summed E-state index contributed by atoms with van der Waals surface area (Å²) in [4.78, 5) is 13.1. The number of nitrogens with zero attached hydrogens (tertiary/aromatic N) is 1. The molecule has 0 bridgehead atoms. The minimum Gasteiger partial charge on any atom is -0.497 e. The van der Waals surface area contributed by atoms with Gasteiger partial charge in [0.2, 0.25) is 15.9 Å². The van der Waals surface area contributed by atoms with Crippen LogP contribution in [0.3, 0.4) is 0 Å². The van der Waals surface area contributed by atoms with E-state index in [1.807, 2.05) is 32.0 Å². The van der Waals surface area contributed by atoms with Crippen LogP contribution in [0, 0.1) is 11.7 Å². The lowest BCUT2D eigenvalue weighted by atomic mass is 9.88. The van der Waals surface area contributed by atoms with E-state index in [0.717, 1.165) is 17.7 Å². The van der Waals surface area contributed by atoms with Crippen molar-refractivity contribution in [1.82, 2.24) is 9.62 Å². The average molecular weight is 477 g/mol. The summed E-state index contributed by atoms with van der Waals surface area (Å²) >= 11 is 0. The van der Waals surface area contributed by atoms with Crippen LogP contribution in [-0.4, -0.2) is 44.4 Å². The van der Waals surface area contributed by atoms with Gasteiger partial charge in [0.15, 0.2) is 0 Å². The Labute approximate surface area is 193 Å². The maximum absolute atomic E-state index is 13.2. The Balaban J connectivity index is 1.42. The first kappa shape index (κ1) is 23.5. The van der Waals surface area contributed by atoms with Gasteiger partial charge in [-0.05, 0) is 63.1 Å². The number of amides is 1. The highest BCUT2D eigenvalue weighted by Gasteiger charge is 2.37. The molecule has 0 spiro atoms. The van der Waals surface area contributed by atoms with Crippen LogP contribution in [0.5, 0.6) is 11.5 Å². The maximum Gasteiger partial charge on any atom is 0.243 e. The minimum atomic E-state index is -3.71. The van der Waals surface area contributed by atoms with Gasteiger partial charge in [0, 0.05) is 37.1 Å². The first-order chi connectivity index (χ1) is 15.6. The average Bonchev–Trinajstić information content (AvgIpc) is 2.78. The molecule has 1 amide bonds. The Morgan fingerprint density at radius 1 is 1.15 bits per heavy atom. The molecule has 1 unspecified atom stereocenters. The van der Waals surface area contributed by atoms with Gasteiger partial charge in [-0.1, -0.05) is 0 Å². The van der Waals surface area contributed by atoms with Crippen molar-refractivity contribution in [2.75, 3.05) is 20.2 Å². The fourth-order valence-corrected chi connectivity index (χ4v) is 5.96. The van der Waals surface area contributed by atoms with Crippen molar-refractivity contribution in [2.45, 2.75) is 49.6 Å². The summed E-state index contributed by atoms with van der Waals surface area (Å²) in [5.41, 5.74) is 0.448. The number of hydrogen-bond acceptors (Lipinski definition) is 5. The molecule has 1 fully saturated rings. The number of rotatable bonds is 5. The van der Waals surface area contributed by atoms with Crippen molar-refractivity contribution < 1.29 is 27.1 Å². The molecule has 33 heavy (non-hydrogen) atoms. The third-order valence-electron chi connectivity index (χ3n) is 6.27. The van der Waals surface area contributed by atoms with E-state index < -0.39 is 21.4 Å². The molecule has 0 radical (unpaired) electrons. The zero-order valence-electron chi connectivity index (χ0n) is 19.0. The van der Waals surface area contributed by atoms with Crippen molar-refractivity contribution in [1.29, 1.82) is 0 Å². The van der Waals surface area contributed by atoms with Gasteiger partial charge in [-0.25, -0.2) is 12.8 Å². The molecule has 2 aliphatic rings. The van der Waals surface area contributed by atoms with Crippen LogP contribution in [0.2, 0.25) is 0 Å². The molecule has 0 aliphatic carbocycles. The van der Waals surface area contributed by atoms with E-state index >= 15 is 0 Å². The van der Waals surface area contributed by atoms with Gasteiger partial charge < -0.3 is 14.8 Å². The summed E-state index contributed by atoms with van der Waals surface area (Å²) in [6.07, 6.45) is 1.47. The second kappa shape index (κ2) is 8.95. The number of piperidine rings is 1. The maximum atomic E-state index is 13.2. The summed E-state index contributed by atoms with van der Waals surface area (Å²) in [5.74, 6) is 0.527. The summed E-state index contributed by atoms with van der Waals surface area (Å²) in [6.45, 7) is 4.44. The number of ether oxygens (including phenoxy) is 2. The molecular weight excluding hydrogens is 447 g/mol. The van der Waals surface area contributed by atoms with Gasteiger partial charge in [-0.15, -0.1) is 0 Å². The number of benzene rings is 2. The lowest BCUT2D eigenvalue weighted by Crippen LogP contribution is -2.46. The van der Waals surface area contributed by atoms with Crippen molar-refractivity contribution in [3.63, 3.8) is 0 Å². The van der Waals surface area contributed by atoms with Gasteiger partial charge >= 0.3 is 0 Å². The molecule has 2 heterocycles. The molecule has 2 aliphatic heterocycles. The van der Waals surface area contributed by atoms with Crippen molar-refractivity contribution in [3.05, 3.63) is 53.8 Å². The van der Waals surface area contributed by atoms with Crippen LogP contribution >= 0.6 is 0 Å². The highest BCUT2D eigenvalue weighted by Crippen LogP contribution is 2.41. The van der Waals surface area contributed by atoms with E-state index in [-0.39, 0.29) is 35.9 Å². The predicted octanol–water partition coefficient (Wildman–Crippen LogP) is 3.65. The SMILES string of the molecule is COc1ccc2c(c1)OC(C)(C)CC2NC(=O)C1CCN(S(=O)(=O)c2ccc(F)cc2)CC1. The standard InChI is InChI=1S/C24H29FN2O5S/c1-24(2)15-21(20-9-6-18(31-3)14-22(20)32-24)26-23(28)16-10-12-27(13-11-16)33(29,30)19-7-4-17(25)5-8-19/h4-9,14,16,21H,10-13,15H2,1-3H3,(H,26,28). The summed E-state index contributed by atoms with van der Waals surface area (Å²) in [6, 6.07) is 10.2. The molecule has 7 nitrogen and oxygen atoms in total. The summed E-state index contributed by atoms with van der Waals surface area (Å²) in [5, 5.41) is 3.16. The van der Waals surface area contributed by atoms with Crippen molar-refractivity contribution in [2.24, 2.45) is 5.92 Å². The first-order valence-electron chi connectivity index (χ1n) is 11.0. The van der Waals surface area contributed by atoms with Crippen LogP contribution in [0.25, 0.3) is 0 Å². The zero-order valence-corrected chi connectivity index (χ0v) is 19.8. The van der Waals surface area contributed by atoms with Crippen molar-refractivity contribution >= 4 is 15.9 Å². The molecule has 2 aromatic rings. The van der Waals surface area contributed by atoms with E-state index in [4.69, 9.17) is 9.47 Å². The number of carbonyl (C=O) groups is 1. The molecule has 1 saturated heterocycles. The van der Waals surface area contributed by atoms with E-state index in [1.165, 1.54) is 16.4 Å². The Kier molecular flexibility index (Phi) is 6.37. The lowest BCUT2D eigenvalue weighted by molar-refractivity contribution is -0.127. The molecule has 2 aromatic carbocycles. The van der Waals surface area contributed by atoms with Crippen molar-refractivity contribution in [3.8, 4) is 11.5 Å². The number of hydrogen-bond donors (Lipinski definition) is 1. The van der Waals surface area contributed by atoms with Crippen LogP contribution in [-0.2, 0) is 14.8 Å². The second-order valence-corrected chi connectivity index (χ2v) is 11.1. The molecule has 1 N–H and O–H groups in total. The molecule has 1 atom stereocenters. The highest BCUT2D eigenvalue weighted by molar-refractivity contribution is 7.89. The fraction of sp³-hybridized carbons (Fsp3) is 0.458. The smallest absolute Gasteiger partial charge is 0.243 e. The third kappa shape index (κ3) is 4.99. The molecule has 0 saturated carbocycles. The van der Waals surface area contributed by atoms with Crippen LogP contribution < -0.4 is 14.8 Å². The lowest BCUT2D eigenvalue weighted by Gasteiger charge is -2.39. The number of carbonyl (C=O) groups excluding carboxylic acids is 1. The number of fused-ring (bicyclic) bond motifs is 1. The number of halogens is 1. The molecule has 4 rings (SSSR count). The van der Waals surface area contributed by atoms with E-state index in [2.05, 4.69) is 5.32 Å². The fourth-order valence-electron chi connectivity index (χ4n) is 4.49. The van der Waals surface area contributed by atoms with Gasteiger partial charge in [-0.3, -0.25) is 4.79 Å². The van der Waals surface area contributed by atoms with Gasteiger partial charge in [-0.2, -0.15) is 4.31 Å². The molecule has 0 aromatic heterocycles. The minimum absolute atomic E-state index is 0.0586. The van der Waals surface area contributed by atoms with Gasteiger partial charge in [0.1, 0.15) is 22.9 Å². The number of nitrogens with one attached hydrogen (secondary N) is 1. The Hall–Kier alpha value is -2.65. The Morgan fingerprint density at radius 3 is 2.45 bits per heavy atom. The first-order valence-corrected chi connectivity index (χ1v) is 12.5. The quantitative estimate of drug-likeness (QED) is 0.712. The third-order valence-corrected chi connectivity index (χ3v) is 8.18. The highest BCUT2D eigenvalue weighted by atomic mass is 32.2. The zero-order chi connectivity index (χ0) is 23.8.